The van der Waals surface area contributed by atoms with Crippen LogP contribution in [0.2, 0.25) is 0 Å². The summed E-state index contributed by atoms with van der Waals surface area (Å²) in [6.07, 6.45) is 7.61. The number of aryl methyl sites for hydroxylation is 1. The maximum Gasteiger partial charge on any atom is 0.133 e. The molecular formula is C16H21N3S. The van der Waals surface area contributed by atoms with Crippen LogP contribution in [-0.2, 0) is 12.8 Å². The van der Waals surface area contributed by atoms with Gasteiger partial charge in [0.1, 0.15) is 5.82 Å². The minimum Gasteiger partial charge on any atom is -0.310 e. The molecule has 1 N–H and O–H groups in total. The van der Waals surface area contributed by atoms with Crippen molar-refractivity contribution < 1.29 is 0 Å². The third-order valence-electron chi connectivity index (χ3n) is 3.78. The van der Waals surface area contributed by atoms with Crippen LogP contribution in [0.4, 0.5) is 0 Å². The van der Waals surface area contributed by atoms with E-state index in [-0.39, 0.29) is 0 Å². The molecule has 106 valence electrons. The first-order valence-corrected chi connectivity index (χ1v) is 8.35. The Labute approximate surface area is 124 Å². The SMILES string of the molecule is CCCNC1CCCc2nc(Cc3cccs3)ncc21. The largest absolute Gasteiger partial charge is 0.310 e. The average Bonchev–Trinajstić information content (AvgIpc) is 2.97. The molecule has 20 heavy (non-hydrogen) atoms. The molecule has 0 fully saturated rings. The first-order valence-electron chi connectivity index (χ1n) is 7.47. The van der Waals surface area contributed by atoms with E-state index in [2.05, 4.69) is 40.9 Å². The Hall–Kier alpha value is -1.26. The van der Waals surface area contributed by atoms with Crippen LogP contribution in [0.3, 0.4) is 0 Å². The molecule has 3 nitrogen and oxygen atoms in total. The first kappa shape index (κ1) is 13.7. The zero-order valence-electron chi connectivity index (χ0n) is 11.9. The molecule has 1 unspecified atom stereocenters. The molecule has 3 rings (SSSR count). The van der Waals surface area contributed by atoms with E-state index in [0.29, 0.717) is 6.04 Å². The highest BCUT2D eigenvalue weighted by Crippen LogP contribution is 2.28. The lowest BCUT2D eigenvalue weighted by Crippen LogP contribution is -2.27. The summed E-state index contributed by atoms with van der Waals surface area (Å²) in [5.41, 5.74) is 2.58. The van der Waals surface area contributed by atoms with Gasteiger partial charge in [0.05, 0.1) is 0 Å². The standard InChI is InChI=1S/C16H21N3S/c1-2-8-17-14-6-3-7-15-13(14)11-18-16(19-15)10-12-5-4-9-20-12/h4-5,9,11,14,17H,2-3,6-8,10H2,1H3. The summed E-state index contributed by atoms with van der Waals surface area (Å²) >= 11 is 1.77. The highest BCUT2D eigenvalue weighted by molar-refractivity contribution is 7.09. The summed E-state index contributed by atoms with van der Waals surface area (Å²) in [5, 5.41) is 5.72. The van der Waals surface area contributed by atoms with E-state index in [9.17, 15) is 0 Å². The molecule has 1 aliphatic carbocycles. The van der Waals surface area contributed by atoms with Gasteiger partial charge in [-0.1, -0.05) is 13.0 Å². The summed E-state index contributed by atoms with van der Waals surface area (Å²) in [5.74, 6) is 0.961. The predicted molar refractivity (Wildman–Crippen MR) is 83.1 cm³/mol. The predicted octanol–water partition coefficient (Wildman–Crippen LogP) is 3.51. The molecule has 0 spiro atoms. The smallest absolute Gasteiger partial charge is 0.133 e. The number of hydrogen-bond acceptors (Lipinski definition) is 4. The lowest BCUT2D eigenvalue weighted by molar-refractivity contribution is 0.452. The van der Waals surface area contributed by atoms with Crippen molar-refractivity contribution in [3.8, 4) is 0 Å². The van der Waals surface area contributed by atoms with Crippen LogP contribution < -0.4 is 5.32 Å². The Kier molecular flexibility index (Phi) is 4.43. The van der Waals surface area contributed by atoms with E-state index >= 15 is 0 Å². The number of fused-ring (bicyclic) bond motifs is 1. The van der Waals surface area contributed by atoms with Gasteiger partial charge in [-0.05, 0) is 43.7 Å². The fourth-order valence-corrected chi connectivity index (χ4v) is 3.47. The van der Waals surface area contributed by atoms with Gasteiger partial charge in [0, 0.05) is 34.8 Å². The molecule has 0 aliphatic heterocycles. The van der Waals surface area contributed by atoms with Crippen molar-refractivity contribution in [1.29, 1.82) is 0 Å². The van der Waals surface area contributed by atoms with E-state index in [1.165, 1.54) is 35.4 Å². The Morgan fingerprint density at radius 2 is 2.40 bits per heavy atom. The molecule has 0 saturated heterocycles. The Bertz CT molecular complexity index is 551. The minimum atomic E-state index is 0.453. The molecule has 0 radical (unpaired) electrons. The van der Waals surface area contributed by atoms with Crippen molar-refractivity contribution in [2.75, 3.05) is 6.54 Å². The van der Waals surface area contributed by atoms with Gasteiger partial charge in [-0.3, -0.25) is 0 Å². The summed E-state index contributed by atoms with van der Waals surface area (Å²) in [4.78, 5) is 10.7. The van der Waals surface area contributed by atoms with Crippen LogP contribution in [-0.4, -0.2) is 16.5 Å². The van der Waals surface area contributed by atoms with Gasteiger partial charge in [-0.15, -0.1) is 11.3 Å². The van der Waals surface area contributed by atoms with E-state index in [1.807, 2.05) is 0 Å². The van der Waals surface area contributed by atoms with Crippen molar-refractivity contribution in [1.82, 2.24) is 15.3 Å². The molecular weight excluding hydrogens is 266 g/mol. The zero-order valence-corrected chi connectivity index (χ0v) is 12.7. The van der Waals surface area contributed by atoms with E-state index < -0.39 is 0 Å². The lowest BCUT2D eigenvalue weighted by Gasteiger charge is -2.25. The van der Waals surface area contributed by atoms with Gasteiger partial charge in [-0.25, -0.2) is 9.97 Å². The normalized spacial score (nSPS) is 17.9. The number of hydrogen-bond donors (Lipinski definition) is 1. The van der Waals surface area contributed by atoms with Crippen LogP contribution >= 0.6 is 11.3 Å². The number of rotatable bonds is 5. The monoisotopic (exact) mass is 287 g/mol. The lowest BCUT2D eigenvalue weighted by atomic mass is 9.92. The summed E-state index contributed by atoms with van der Waals surface area (Å²) < 4.78 is 0. The van der Waals surface area contributed by atoms with Crippen LogP contribution in [0.25, 0.3) is 0 Å². The third-order valence-corrected chi connectivity index (χ3v) is 4.66. The van der Waals surface area contributed by atoms with E-state index in [4.69, 9.17) is 4.98 Å². The Morgan fingerprint density at radius 1 is 1.45 bits per heavy atom. The molecule has 2 aromatic rings. The van der Waals surface area contributed by atoms with E-state index in [0.717, 1.165) is 25.2 Å². The molecule has 1 aliphatic rings. The second kappa shape index (κ2) is 6.46. The van der Waals surface area contributed by atoms with E-state index in [1.54, 1.807) is 11.3 Å². The van der Waals surface area contributed by atoms with Gasteiger partial charge < -0.3 is 5.32 Å². The Morgan fingerprint density at radius 3 is 3.20 bits per heavy atom. The van der Waals surface area contributed by atoms with Gasteiger partial charge in [-0.2, -0.15) is 0 Å². The molecule has 0 amide bonds. The fraction of sp³-hybridized carbons (Fsp3) is 0.500. The van der Waals surface area contributed by atoms with Gasteiger partial charge >= 0.3 is 0 Å². The maximum atomic E-state index is 4.80. The number of nitrogens with one attached hydrogen (secondary N) is 1. The molecule has 0 bridgehead atoms. The molecule has 1 atom stereocenters. The number of nitrogens with zero attached hydrogens (tertiary/aromatic N) is 2. The highest BCUT2D eigenvalue weighted by Gasteiger charge is 2.21. The van der Waals surface area contributed by atoms with Gasteiger partial charge in [0.25, 0.3) is 0 Å². The second-order valence-electron chi connectivity index (χ2n) is 5.34. The average molecular weight is 287 g/mol. The van der Waals surface area contributed by atoms with Crippen molar-refractivity contribution in [2.45, 2.75) is 45.1 Å². The molecule has 0 saturated carbocycles. The topological polar surface area (TPSA) is 37.8 Å². The highest BCUT2D eigenvalue weighted by atomic mass is 32.1. The van der Waals surface area contributed by atoms with Crippen molar-refractivity contribution in [3.05, 3.63) is 45.7 Å². The second-order valence-corrected chi connectivity index (χ2v) is 6.38. The van der Waals surface area contributed by atoms with Crippen molar-refractivity contribution >= 4 is 11.3 Å². The molecule has 2 heterocycles. The van der Waals surface area contributed by atoms with Crippen LogP contribution in [0.15, 0.2) is 23.7 Å². The van der Waals surface area contributed by atoms with Crippen LogP contribution in [0.1, 0.15) is 54.2 Å². The number of aromatic nitrogens is 2. The fourth-order valence-electron chi connectivity index (χ4n) is 2.77. The Balaban J connectivity index is 1.78. The van der Waals surface area contributed by atoms with Gasteiger partial charge in [0.2, 0.25) is 0 Å². The van der Waals surface area contributed by atoms with Crippen molar-refractivity contribution in [2.24, 2.45) is 0 Å². The number of thiophene rings is 1. The molecule has 4 heteroatoms. The first-order chi connectivity index (χ1) is 9.86. The molecule has 2 aromatic heterocycles. The minimum absolute atomic E-state index is 0.453. The maximum absolute atomic E-state index is 4.80. The zero-order chi connectivity index (χ0) is 13.8. The summed E-state index contributed by atoms with van der Waals surface area (Å²) in [6.45, 7) is 3.28. The van der Waals surface area contributed by atoms with Crippen LogP contribution in [0, 0.1) is 0 Å². The summed E-state index contributed by atoms with van der Waals surface area (Å²) in [6, 6.07) is 4.69. The third kappa shape index (κ3) is 3.07. The van der Waals surface area contributed by atoms with Gasteiger partial charge in [0.15, 0.2) is 0 Å². The van der Waals surface area contributed by atoms with Crippen molar-refractivity contribution in [3.63, 3.8) is 0 Å². The quantitative estimate of drug-likeness (QED) is 0.914. The van der Waals surface area contributed by atoms with Crippen LogP contribution in [0.5, 0.6) is 0 Å². The summed E-state index contributed by atoms with van der Waals surface area (Å²) in [7, 11) is 0. The molecule has 0 aromatic carbocycles.